The summed E-state index contributed by atoms with van der Waals surface area (Å²) in [6.45, 7) is 2.42. The van der Waals surface area contributed by atoms with Crippen LogP contribution in [0.2, 0.25) is 0 Å². The predicted molar refractivity (Wildman–Crippen MR) is 106 cm³/mol. The number of hydrogen-bond acceptors (Lipinski definition) is 4. The quantitative estimate of drug-likeness (QED) is 0.272. The van der Waals surface area contributed by atoms with E-state index < -0.39 is 0 Å². The van der Waals surface area contributed by atoms with E-state index in [-0.39, 0.29) is 39.3 Å². The number of ether oxygens (including phenoxy) is 1. The molecule has 2 amide bonds. The van der Waals surface area contributed by atoms with Crippen LogP contribution in [0, 0.1) is 11.8 Å². The SMILES string of the molecule is CCCCOC(=O)c1ccc(N2C(=O)[C@@H]3C[C@H](Br)[C@@H](Br)C[C@H]3C2=O)cc1. The van der Waals surface area contributed by atoms with E-state index in [1.54, 1.807) is 24.3 Å². The molecule has 0 radical (unpaired) electrons. The number of imide groups is 1. The van der Waals surface area contributed by atoms with E-state index in [1.807, 2.05) is 6.92 Å². The van der Waals surface area contributed by atoms with Gasteiger partial charge in [0, 0.05) is 9.65 Å². The Morgan fingerprint density at radius 2 is 1.62 bits per heavy atom. The van der Waals surface area contributed by atoms with E-state index in [0.717, 1.165) is 12.8 Å². The molecule has 1 aromatic rings. The Labute approximate surface area is 169 Å². The van der Waals surface area contributed by atoms with Crippen LogP contribution < -0.4 is 4.90 Å². The van der Waals surface area contributed by atoms with Crippen LogP contribution in [0.4, 0.5) is 5.69 Å². The summed E-state index contributed by atoms with van der Waals surface area (Å²) in [5, 5.41) is 0. The molecule has 0 spiro atoms. The molecule has 3 rings (SSSR count). The van der Waals surface area contributed by atoms with E-state index in [4.69, 9.17) is 4.74 Å². The number of halogens is 2. The van der Waals surface area contributed by atoms with Crippen molar-refractivity contribution in [2.24, 2.45) is 11.8 Å². The highest BCUT2D eigenvalue weighted by Crippen LogP contribution is 2.44. The minimum atomic E-state index is -0.387. The second-order valence-electron chi connectivity index (χ2n) is 6.76. The van der Waals surface area contributed by atoms with Gasteiger partial charge in [-0.15, -0.1) is 0 Å². The number of carbonyl (C=O) groups excluding carboxylic acids is 3. The Hall–Kier alpha value is -1.21. The first-order valence-electron chi connectivity index (χ1n) is 8.87. The van der Waals surface area contributed by atoms with E-state index >= 15 is 0 Å². The highest BCUT2D eigenvalue weighted by molar-refractivity contribution is 9.12. The van der Waals surface area contributed by atoms with Crippen LogP contribution in [0.5, 0.6) is 0 Å². The smallest absolute Gasteiger partial charge is 0.338 e. The summed E-state index contributed by atoms with van der Waals surface area (Å²) in [5.74, 6) is -1.25. The molecule has 1 aliphatic carbocycles. The molecule has 2 fully saturated rings. The lowest BCUT2D eigenvalue weighted by Crippen LogP contribution is -2.34. The van der Waals surface area contributed by atoms with E-state index in [2.05, 4.69) is 31.9 Å². The first-order valence-corrected chi connectivity index (χ1v) is 10.7. The van der Waals surface area contributed by atoms with Crippen molar-refractivity contribution in [3.05, 3.63) is 29.8 Å². The van der Waals surface area contributed by atoms with Gasteiger partial charge in [-0.1, -0.05) is 45.2 Å². The number of esters is 1. The third-order valence-electron chi connectivity index (χ3n) is 5.00. The Kier molecular flexibility index (Phi) is 6.17. The molecule has 4 atom stereocenters. The number of carbonyl (C=O) groups is 3. The molecule has 0 bridgehead atoms. The fourth-order valence-corrected chi connectivity index (χ4v) is 4.73. The highest BCUT2D eigenvalue weighted by atomic mass is 79.9. The molecule has 140 valence electrons. The zero-order chi connectivity index (χ0) is 18.8. The number of hydrogen-bond donors (Lipinski definition) is 0. The first-order chi connectivity index (χ1) is 12.4. The van der Waals surface area contributed by atoms with Gasteiger partial charge in [-0.2, -0.15) is 0 Å². The fraction of sp³-hybridized carbons (Fsp3) is 0.526. The summed E-state index contributed by atoms with van der Waals surface area (Å²) in [6, 6.07) is 6.49. The van der Waals surface area contributed by atoms with Gasteiger partial charge in [-0.05, 0) is 43.5 Å². The maximum atomic E-state index is 12.8. The standard InChI is InChI=1S/C19H21Br2NO4/c1-2-3-8-26-19(25)11-4-6-12(7-5-11)22-17(23)13-9-15(20)16(21)10-14(13)18(22)24/h4-7,13-16H,2-3,8-10H2,1H3/t13-,14-,15+,16+/m1/s1. The first kappa shape index (κ1) is 19.5. The van der Waals surface area contributed by atoms with Gasteiger partial charge < -0.3 is 4.74 Å². The summed E-state index contributed by atoms with van der Waals surface area (Å²) in [7, 11) is 0. The zero-order valence-corrected chi connectivity index (χ0v) is 17.7. The molecule has 5 nitrogen and oxygen atoms in total. The average molecular weight is 487 g/mol. The van der Waals surface area contributed by atoms with Crippen LogP contribution in [-0.2, 0) is 14.3 Å². The maximum Gasteiger partial charge on any atom is 0.338 e. The molecular formula is C19H21Br2NO4. The molecule has 2 aliphatic rings. The lowest BCUT2D eigenvalue weighted by molar-refractivity contribution is -0.122. The maximum absolute atomic E-state index is 12.8. The van der Waals surface area contributed by atoms with Crippen molar-refractivity contribution < 1.29 is 19.1 Å². The summed E-state index contributed by atoms with van der Waals surface area (Å²) in [6.07, 6.45) is 3.07. The summed E-state index contributed by atoms with van der Waals surface area (Å²) < 4.78 is 5.18. The van der Waals surface area contributed by atoms with Crippen molar-refractivity contribution >= 4 is 55.3 Å². The number of nitrogens with zero attached hydrogens (tertiary/aromatic N) is 1. The number of amides is 2. The number of anilines is 1. The molecule has 7 heteroatoms. The van der Waals surface area contributed by atoms with Crippen molar-refractivity contribution in [1.29, 1.82) is 0 Å². The molecule has 1 heterocycles. The van der Waals surface area contributed by atoms with Gasteiger partial charge in [0.2, 0.25) is 11.8 Å². The van der Waals surface area contributed by atoms with Crippen LogP contribution in [0.15, 0.2) is 24.3 Å². The fourth-order valence-electron chi connectivity index (χ4n) is 3.49. The third kappa shape index (κ3) is 3.74. The number of rotatable bonds is 5. The van der Waals surface area contributed by atoms with Crippen molar-refractivity contribution in [3.8, 4) is 0 Å². The third-order valence-corrected chi connectivity index (χ3v) is 7.74. The summed E-state index contributed by atoms with van der Waals surface area (Å²) >= 11 is 7.17. The van der Waals surface area contributed by atoms with E-state index in [1.165, 1.54) is 4.90 Å². The van der Waals surface area contributed by atoms with Gasteiger partial charge in [0.05, 0.1) is 29.7 Å². The summed E-state index contributed by atoms with van der Waals surface area (Å²) in [5.41, 5.74) is 0.930. The van der Waals surface area contributed by atoms with Gasteiger partial charge in [0.25, 0.3) is 0 Å². The largest absolute Gasteiger partial charge is 0.462 e. The minimum Gasteiger partial charge on any atom is -0.462 e. The number of benzene rings is 1. The lowest BCUT2D eigenvalue weighted by atomic mass is 9.81. The zero-order valence-electron chi connectivity index (χ0n) is 14.5. The normalized spacial score (nSPS) is 28.2. The number of unbranched alkanes of at least 4 members (excludes halogenated alkanes) is 1. The monoisotopic (exact) mass is 485 g/mol. The van der Waals surface area contributed by atoms with Crippen LogP contribution in [0.1, 0.15) is 43.0 Å². The predicted octanol–water partition coefficient (Wildman–Crippen LogP) is 4.07. The van der Waals surface area contributed by atoms with Crippen LogP contribution in [0.3, 0.4) is 0 Å². The molecule has 1 aromatic carbocycles. The van der Waals surface area contributed by atoms with Crippen LogP contribution >= 0.6 is 31.9 Å². The Balaban J connectivity index is 1.74. The van der Waals surface area contributed by atoms with Crippen molar-refractivity contribution in [1.82, 2.24) is 0 Å². The molecule has 1 saturated heterocycles. The molecule has 0 N–H and O–H groups in total. The van der Waals surface area contributed by atoms with Gasteiger partial charge in [0.1, 0.15) is 0 Å². The van der Waals surface area contributed by atoms with Crippen molar-refractivity contribution in [2.45, 2.75) is 42.3 Å². The lowest BCUT2D eigenvalue weighted by Gasteiger charge is -2.29. The van der Waals surface area contributed by atoms with E-state index in [9.17, 15) is 14.4 Å². The molecule has 0 unspecified atom stereocenters. The topological polar surface area (TPSA) is 63.7 Å². The molecule has 1 saturated carbocycles. The minimum absolute atomic E-state index is 0.151. The van der Waals surface area contributed by atoms with Gasteiger partial charge in [0.15, 0.2) is 0 Å². The number of alkyl halides is 2. The summed E-state index contributed by atoms with van der Waals surface area (Å²) in [4.78, 5) is 39.2. The average Bonchev–Trinajstić information content (AvgIpc) is 2.86. The van der Waals surface area contributed by atoms with Crippen molar-refractivity contribution in [2.75, 3.05) is 11.5 Å². The number of fused-ring (bicyclic) bond motifs is 1. The molecular weight excluding hydrogens is 466 g/mol. The van der Waals surface area contributed by atoms with Crippen LogP contribution in [-0.4, -0.2) is 34.0 Å². The van der Waals surface area contributed by atoms with Crippen LogP contribution in [0.25, 0.3) is 0 Å². The van der Waals surface area contributed by atoms with Gasteiger partial charge >= 0.3 is 5.97 Å². The van der Waals surface area contributed by atoms with E-state index in [0.29, 0.717) is 30.7 Å². The Morgan fingerprint density at radius 3 is 2.12 bits per heavy atom. The highest BCUT2D eigenvalue weighted by Gasteiger charge is 2.52. The van der Waals surface area contributed by atoms with Crippen molar-refractivity contribution in [3.63, 3.8) is 0 Å². The molecule has 26 heavy (non-hydrogen) atoms. The van der Waals surface area contributed by atoms with Gasteiger partial charge in [-0.3, -0.25) is 14.5 Å². The second-order valence-corrected chi connectivity index (χ2v) is 9.12. The second kappa shape index (κ2) is 8.21. The molecule has 1 aliphatic heterocycles. The van der Waals surface area contributed by atoms with Gasteiger partial charge in [-0.25, -0.2) is 4.79 Å². The Bertz CT molecular complexity index is 678. The molecule has 0 aromatic heterocycles. The Morgan fingerprint density at radius 1 is 1.08 bits per heavy atom.